The van der Waals surface area contributed by atoms with E-state index in [1.54, 1.807) is 49.4 Å². The lowest BCUT2D eigenvalue weighted by atomic mass is 9.87. The minimum absolute atomic E-state index is 0.0344. The molecule has 0 spiro atoms. The Hall–Kier alpha value is -2.09. The van der Waals surface area contributed by atoms with E-state index in [2.05, 4.69) is 0 Å². The molecule has 0 saturated heterocycles. The topological polar surface area (TPSA) is 91.7 Å². The minimum Gasteiger partial charge on any atom is -0.481 e. The highest BCUT2D eigenvalue weighted by Crippen LogP contribution is 2.26. The molecule has 0 saturated carbocycles. The van der Waals surface area contributed by atoms with Gasteiger partial charge >= 0.3 is 5.97 Å². The molecule has 0 aromatic carbocycles. The Morgan fingerprint density at radius 2 is 1.30 bits per heavy atom. The highest BCUT2D eigenvalue weighted by molar-refractivity contribution is 7.13. The van der Waals surface area contributed by atoms with Crippen LogP contribution < -0.4 is 10.9 Å². The number of hydrogen-bond acceptors (Lipinski definition) is 6. The van der Waals surface area contributed by atoms with Crippen LogP contribution in [0.3, 0.4) is 0 Å². The summed E-state index contributed by atoms with van der Waals surface area (Å²) in [5.74, 6) is -0.814. The quantitative estimate of drug-likeness (QED) is 0.411. The van der Waals surface area contributed by atoms with Gasteiger partial charge in [-0.3, -0.25) is 14.4 Å². The molecular weight excluding hydrogens is 456 g/mol. The van der Waals surface area contributed by atoms with Crippen LogP contribution in [0.1, 0.15) is 72.9 Å². The molecule has 0 bridgehead atoms. The maximum Gasteiger partial charge on any atom is 0.309 e. The predicted octanol–water partition coefficient (Wildman–Crippen LogP) is 5.48. The Bertz CT molecular complexity index is 1090. The number of aryl methyl sites for hydroxylation is 2. The second-order valence-electron chi connectivity index (χ2n) is 9.88. The molecular formula is C26H34O5S2. The number of aliphatic hydroxyl groups is 1. The second-order valence-corrected chi connectivity index (χ2v) is 12.3. The van der Waals surface area contributed by atoms with Gasteiger partial charge < -0.3 is 10.2 Å². The van der Waals surface area contributed by atoms with Gasteiger partial charge in [0.2, 0.25) is 0 Å². The minimum atomic E-state index is -0.814. The number of aliphatic hydroxyl groups excluding tert-OH is 1. The van der Waals surface area contributed by atoms with Gasteiger partial charge in [-0.05, 0) is 82.1 Å². The highest BCUT2D eigenvalue weighted by atomic mass is 32.1. The van der Waals surface area contributed by atoms with Gasteiger partial charge in [0.15, 0.2) is 10.9 Å². The molecule has 2 aromatic heterocycles. The summed E-state index contributed by atoms with van der Waals surface area (Å²) in [7, 11) is 0. The lowest BCUT2D eigenvalue weighted by molar-refractivity contribution is -0.147. The van der Waals surface area contributed by atoms with E-state index >= 15 is 0 Å². The molecule has 0 atom stereocenters. The molecule has 2 heterocycles. The standard InChI is InChI=1S/C26H34O5S2/c1-25(2,17-27)11-5-7-20-13-18(28)15-22(32-20)9-10-23-16-19(29)14-21(33-23)8-6-12-26(3,4)24(30)31/h9-10,13-16,27H,5-8,11-12,17H2,1-4H3,(H,30,31)/b10-9+. The zero-order valence-corrected chi connectivity index (χ0v) is 21.5. The van der Waals surface area contributed by atoms with Crippen molar-refractivity contribution in [3.63, 3.8) is 0 Å². The predicted molar refractivity (Wildman–Crippen MR) is 138 cm³/mol. The third-order valence-electron chi connectivity index (χ3n) is 5.59. The fraction of sp³-hybridized carbons (Fsp3) is 0.500. The summed E-state index contributed by atoms with van der Waals surface area (Å²) in [4.78, 5) is 39.1. The summed E-state index contributed by atoms with van der Waals surface area (Å²) in [5, 5.41) is 18.7. The molecule has 2 rings (SSSR count). The Labute approximate surface area is 203 Å². The van der Waals surface area contributed by atoms with Gasteiger partial charge in [-0.2, -0.15) is 0 Å². The van der Waals surface area contributed by atoms with E-state index in [-0.39, 0.29) is 22.9 Å². The molecule has 180 valence electrons. The lowest BCUT2D eigenvalue weighted by Crippen LogP contribution is -2.23. The SMILES string of the molecule is CC(C)(CO)CCCc1cc(=O)cc(/C=C/c2cc(=O)cc(CCCC(C)(C)C(=O)O)s2)s1. The number of rotatable bonds is 12. The number of hydrogen-bond donors (Lipinski definition) is 2. The summed E-state index contributed by atoms with van der Waals surface area (Å²) < 4.78 is 0. The van der Waals surface area contributed by atoms with Crippen molar-refractivity contribution in [3.05, 3.63) is 64.2 Å². The Kier molecular flexibility index (Phi) is 9.76. The van der Waals surface area contributed by atoms with Gasteiger partial charge in [0.25, 0.3) is 0 Å². The summed E-state index contributed by atoms with van der Waals surface area (Å²) in [6.07, 6.45) is 8.20. The van der Waals surface area contributed by atoms with Crippen molar-refractivity contribution in [3.8, 4) is 0 Å². The molecule has 5 nitrogen and oxygen atoms in total. The van der Waals surface area contributed by atoms with Crippen molar-refractivity contribution < 1.29 is 15.0 Å². The third-order valence-corrected chi connectivity index (χ3v) is 7.74. The maximum absolute atomic E-state index is 12.1. The molecule has 7 heteroatoms. The molecule has 33 heavy (non-hydrogen) atoms. The van der Waals surface area contributed by atoms with Crippen LogP contribution >= 0.6 is 22.7 Å². The first-order valence-electron chi connectivity index (χ1n) is 11.2. The fourth-order valence-corrected chi connectivity index (χ4v) is 5.38. The third kappa shape index (κ3) is 9.35. The van der Waals surface area contributed by atoms with E-state index in [4.69, 9.17) is 0 Å². The van der Waals surface area contributed by atoms with Crippen molar-refractivity contribution in [2.45, 2.75) is 66.2 Å². The molecule has 0 radical (unpaired) electrons. The van der Waals surface area contributed by atoms with Crippen LogP contribution in [-0.4, -0.2) is 22.8 Å². The molecule has 0 aliphatic rings. The van der Waals surface area contributed by atoms with Gasteiger partial charge in [-0.25, -0.2) is 0 Å². The van der Waals surface area contributed by atoms with E-state index in [1.807, 2.05) is 26.0 Å². The summed E-state index contributed by atoms with van der Waals surface area (Å²) >= 11 is 3.07. The van der Waals surface area contributed by atoms with E-state index < -0.39 is 11.4 Å². The van der Waals surface area contributed by atoms with Crippen molar-refractivity contribution in [2.24, 2.45) is 10.8 Å². The van der Waals surface area contributed by atoms with Crippen LogP contribution in [0, 0.1) is 10.8 Å². The van der Waals surface area contributed by atoms with Gasteiger partial charge in [0.05, 0.1) is 5.41 Å². The van der Waals surface area contributed by atoms with Gasteiger partial charge in [-0.1, -0.05) is 13.8 Å². The van der Waals surface area contributed by atoms with E-state index in [0.717, 1.165) is 38.8 Å². The van der Waals surface area contributed by atoms with Crippen LogP contribution in [0.25, 0.3) is 12.2 Å². The van der Waals surface area contributed by atoms with Gasteiger partial charge in [0.1, 0.15) is 0 Å². The van der Waals surface area contributed by atoms with Gasteiger partial charge in [-0.15, -0.1) is 22.7 Å². The first-order valence-corrected chi connectivity index (χ1v) is 12.8. The maximum atomic E-state index is 12.1. The van der Waals surface area contributed by atoms with E-state index in [9.17, 15) is 24.6 Å². The second kappa shape index (κ2) is 11.9. The van der Waals surface area contributed by atoms with Crippen LogP contribution in [0.15, 0.2) is 33.9 Å². The van der Waals surface area contributed by atoms with Crippen molar-refractivity contribution in [1.82, 2.24) is 0 Å². The first-order chi connectivity index (χ1) is 15.4. The summed E-state index contributed by atoms with van der Waals surface area (Å²) in [5.41, 5.74) is -1.00. The fourth-order valence-electron chi connectivity index (χ4n) is 3.31. The molecule has 0 amide bonds. The summed E-state index contributed by atoms with van der Waals surface area (Å²) in [6, 6.07) is 6.46. The first kappa shape index (κ1) is 27.2. The molecule has 2 N–H and O–H groups in total. The number of aliphatic carboxylic acids is 1. The number of carbonyl (C=O) groups is 1. The molecule has 2 aromatic rings. The summed E-state index contributed by atoms with van der Waals surface area (Å²) in [6.45, 7) is 7.63. The van der Waals surface area contributed by atoms with Gasteiger partial charge in [0, 0.05) is 38.2 Å². The number of carboxylic acid groups (broad SMARTS) is 1. The lowest BCUT2D eigenvalue weighted by Gasteiger charge is -2.20. The average Bonchev–Trinajstić information content (AvgIpc) is 2.71. The zero-order valence-electron chi connectivity index (χ0n) is 19.8. The van der Waals surface area contributed by atoms with E-state index in [0.29, 0.717) is 19.3 Å². The Balaban J connectivity index is 2.08. The van der Waals surface area contributed by atoms with Crippen molar-refractivity contribution in [2.75, 3.05) is 6.61 Å². The molecule has 0 aliphatic heterocycles. The molecule has 0 unspecified atom stereocenters. The molecule has 0 fully saturated rings. The monoisotopic (exact) mass is 490 g/mol. The average molecular weight is 491 g/mol. The van der Waals surface area contributed by atoms with Crippen LogP contribution in [0.4, 0.5) is 0 Å². The normalized spacial score (nSPS) is 12.4. The molecule has 0 aliphatic carbocycles. The Morgan fingerprint density at radius 3 is 1.73 bits per heavy atom. The van der Waals surface area contributed by atoms with Crippen molar-refractivity contribution >= 4 is 40.8 Å². The van der Waals surface area contributed by atoms with Crippen LogP contribution in [0.2, 0.25) is 0 Å². The Morgan fingerprint density at radius 1 is 0.848 bits per heavy atom. The number of carboxylic acids is 1. The van der Waals surface area contributed by atoms with Crippen molar-refractivity contribution in [1.29, 1.82) is 0 Å². The van der Waals surface area contributed by atoms with Crippen LogP contribution in [-0.2, 0) is 17.6 Å². The largest absolute Gasteiger partial charge is 0.481 e. The highest BCUT2D eigenvalue weighted by Gasteiger charge is 2.26. The zero-order chi connectivity index (χ0) is 24.6. The smallest absolute Gasteiger partial charge is 0.309 e. The van der Waals surface area contributed by atoms with Crippen LogP contribution in [0.5, 0.6) is 0 Å². The van der Waals surface area contributed by atoms with E-state index in [1.165, 1.54) is 11.3 Å².